The molecule has 3 nitrogen and oxygen atoms in total. The molecule has 2 aromatic heterocycles. The third-order valence-corrected chi connectivity index (χ3v) is 4.74. The van der Waals surface area contributed by atoms with Crippen molar-refractivity contribution in [3.05, 3.63) is 50.8 Å². The van der Waals surface area contributed by atoms with E-state index in [0.29, 0.717) is 6.42 Å². The fourth-order valence-corrected chi connectivity index (χ4v) is 3.48. The summed E-state index contributed by atoms with van der Waals surface area (Å²) < 4.78 is 2.77. The Hall–Kier alpha value is -1.46. The number of para-hydroxylation sites is 1. The average Bonchev–Trinajstić information content (AvgIpc) is 2.96. The predicted octanol–water partition coefficient (Wildman–Crippen LogP) is 3.82. The van der Waals surface area contributed by atoms with Gasteiger partial charge in [0.1, 0.15) is 0 Å². The van der Waals surface area contributed by atoms with Crippen molar-refractivity contribution in [2.45, 2.75) is 6.42 Å². The molecule has 5 heteroatoms. The van der Waals surface area contributed by atoms with Gasteiger partial charge in [0, 0.05) is 22.3 Å². The Morgan fingerprint density at radius 1 is 1.42 bits per heavy atom. The predicted molar refractivity (Wildman–Crippen MR) is 80.8 cm³/mol. The third kappa shape index (κ3) is 2.35. The summed E-state index contributed by atoms with van der Waals surface area (Å²) in [5, 5.41) is 7.42. The summed E-state index contributed by atoms with van der Waals surface area (Å²) in [5.41, 5.74) is 1.89. The van der Waals surface area contributed by atoms with Crippen LogP contribution in [0.25, 0.3) is 10.9 Å². The number of rotatable bonds is 3. The fourth-order valence-electron chi connectivity index (χ4n) is 2.12. The Morgan fingerprint density at radius 2 is 2.21 bits per heavy atom. The maximum atomic E-state index is 12.2. The van der Waals surface area contributed by atoms with Crippen molar-refractivity contribution in [2.75, 3.05) is 0 Å². The monoisotopic (exact) mass is 334 g/mol. The lowest BCUT2D eigenvalue weighted by Gasteiger charge is -1.95. The maximum absolute atomic E-state index is 12.2. The Bertz CT molecular complexity index is 760. The molecular formula is C14H11BrN2OS. The Morgan fingerprint density at radius 3 is 2.95 bits per heavy atom. The minimum Gasteiger partial charge on any atom is -0.293 e. The zero-order chi connectivity index (χ0) is 13.4. The number of fused-ring (bicyclic) bond motifs is 1. The van der Waals surface area contributed by atoms with E-state index in [9.17, 15) is 4.79 Å². The Balaban J connectivity index is 1.95. The van der Waals surface area contributed by atoms with Gasteiger partial charge in [-0.2, -0.15) is 5.10 Å². The molecule has 19 heavy (non-hydrogen) atoms. The van der Waals surface area contributed by atoms with E-state index in [1.165, 1.54) is 11.3 Å². The van der Waals surface area contributed by atoms with E-state index in [-0.39, 0.29) is 5.78 Å². The van der Waals surface area contributed by atoms with E-state index in [4.69, 9.17) is 0 Å². The third-order valence-electron chi connectivity index (χ3n) is 3.00. The summed E-state index contributed by atoms with van der Waals surface area (Å²) in [7, 11) is 1.90. The molecule has 0 amide bonds. The van der Waals surface area contributed by atoms with Crippen LogP contribution < -0.4 is 0 Å². The minimum absolute atomic E-state index is 0.111. The smallest absolute Gasteiger partial charge is 0.178 e. The van der Waals surface area contributed by atoms with Crippen molar-refractivity contribution in [3.63, 3.8) is 0 Å². The molecule has 0 radical (unpaired) electrons. The molecule has 0 aliphatic heterocycles. The Kier molecular flexibility index (Phi) is 3.24. The van der Waals surface area contributed by atoms with Crippen molar-refractivity contribution in [3.8, 4) is 0 Å². The zero-order valence-electron chi connectivity index (χ0n) is 10.3. The minimum atomic E-state index is 0.111. The van der Waals surface area contributed by atoms with Crippen LogP contribution in [0, 0.1) is 0 Å². The first-order valence-corrected chi connectivity index (χ1v) is 7.50. The lowest BCUT2D eigenvalue weighted by Crippen LogP contribution is -2.02. The number of halogens is 1. The molecule has 0 spiro atoms. The van der Waals surface area contributed by atoms with Gasteiger partial charge >= 0.3 is 0 Å². The van der Waals surface area contributed by atoms with Crippen LogP contribution >= 0.6 is 27.3 Å². The molecule has 96 valence electrons. The van der Waals surface area contributed by atoms with Gasteiger partial charge in [-0.1, -0.05) is 18.2 Å². The highest BCUT2D eigenvalue weighted by molar-refractivity contribution is 9.10. The van der Waals surface area contributed by atoms with Gasteiger partial charge in [0.25, 0.3) is 0 Å². The van der Waals surface area contributed by atoms with E-state index in [0.717, 1.165) is 25.9 Å². The molecule has 3 rings (SSSR count). The van der Waals surface area contributed by atoms with Gasteiger partial charge < -0.3 is 0 Å². The van der Waals surface area contributed by atoms with E-state index in [1.54, 1.807) is 0 Å². The number of carbonyl (C=O) groups excluding carboxylic acids is 1. The van der Waals surface area contributed by atoms with Gasteiger partial charge in [0.15, 0.2) is 5.78 Å². The topological polar surface area (TPSA) is 34.9 Å². The summed E-state index contributed by atoms with van der Waals surface area (Å²) in [6, 6.07) is 9.83. The molecule has 0 N–H and O–H groups in total. The maximum Gasteiger partial charge on any atom is 0.178 e. The largest absolute Gasteiger partial charge is 0.293 e. The van der Waals surface area contributed by atoms with Gasteiger partial charge in [-0.15, -0.1) is 11.3 Å². The standard InChI is InChI=1S/C14H11BrN2OS/c1-17-12-5-3-2-4-10(12)11(16-17)7-13(18)14-6-9(15)8-19-14/h2-6,8H,7H2,1H3. The first kappa shape index (κ1) is 12.6. The van der Waals surface area contributed by atoms with Gasteiger partial charge in [-0.25, -0.2) is 0 Å². The molecular weight excluding hydrogens is 324 g/mol. The highest BCUT2D eigenvalue weighted by Gasteiger charge is 2.14. The second kappa shape index (κ2) is 4.90. The summed E-state index contributed by atoms with van der Waals surface area (Å²) in [6.45, 7) is 0. The second-order valence-electron chi connectivity index (χ2n) is 4.32. The number of hydrogen-bond acceptors (Lipinski definition) is 3. The van der Waals surface area contributed by atoms with Crippen LogP contribution in [0.1, 0.15) is 15.4 Å². The summed E-state index contributed by atoms with van der Waals surface area (Å²) in [6.07, 6.45) is 0.342. The van der Waals surface area contributed by atoms with Crippen molar-refractivity contribution in [2.24, 2.45) is 7.05 Å². The van der Waals surface area contributed by atoms with Crippen LogP contribution in [0.15, 0.2) is 40.2 Å². The van der Waals surface area contributed by atoms with E-state index in [1.807, 2.05) is 47.4 Å². The molecule has 0 atom stereocenters. The number of benzene rings is 1. The molecule has 0 saturated heterocycles. The normalized spacial score (nSPS) is 11.1. The molecule has 0 saturated carbocycles. The van der Waals surface area contributed by atoms with Gasteiger partial charge in [-0.05, 0) is 28.1 Å². The highest BCUT2D eigenvalue weighted by Crippen LogP contribution is 2.23. The number of hydrogen-bond donors (Lipinski definition) is 0. The number of thiophene rings is 1. The van der Waals surface area contributed by atoms with Crippen molar-refractivity contribution < 1.29 is 4.79 Å². The van der Waals surface area contributed by atoms with E-state index in [2.05, 4.69) is 21.0 Å². The van der Waals surface area contributed by atoms with E-state index >= 15 is 0 Å². The summed E-state index contributed by atoms with van der Waals surface area (Å²) >= 11 is 4.83. The summed E-state index contributed by atoms with van der Waals surface area (Å²) in [5.74, 6) is 0.111. The molecule has 3 aromatic rings. The lowest BCUT2D eigenvalue weighted by molar-refractivity contribution is 0.0996. The molecule has 0 aliphatic carbocycles. The van der Waals surface area contributed by atoms with Crippen molar-refractivity contribution in [1.82, 2.24) is 9.78 Å². The van der Waals surface area contributed by atoms with Crippen LogP contribution in [-0.2, 0) is 13.5 Å². The van der Waals surface area contributed by atoms with Crippen LogP contribution in [0.4, 0.5) is 0 Å². The quantitative estimate of drug-likeness (QED) is 0.682. The van der Waals surface area contributed by atoms with Crippen LogP contribution in [0.5, 0.6) is 0 Å². The molecule has 1 aromatic carbocycles. The van der Waals surface area contributed by atoms with Gasteiger partial charge in [-0.3, -0.25) is 9.48 Å². The molecule has 0 aliphatic rings. The summed E-state index contributed by atoms with van der Waals surface area (Å²) in [4.78, 5) is 13.0. The first-order chi connectivity index (χ1) is 9.15. The van der Waals surface area contributed by atoms with Gasteiger partial charge in [0.05, 0.1) is 22.5 Å². The molecule has 0 bridgehead atoms. The van der Waals surface area contributed by atoms with Crippen LogP contribution in [0.3, 0.4) is 0 Å². The average molecular weight is 335 g/mol. The second-order valence-corrected chi connectivity index (χ2v) is 6.14. The van der Waals surface area contributed by atoms with Crippen LogP contribution in [-0.4, -0.2) is 15.6 Å². The first-order valence-electron chi connectivity index (χ1n) is 5.83. The SMILES string of the molecule is Cn1nc(CC(=O)c2cc(Br)cs2)c2ccccc21. The van der Waals surface area contributed by atoms with Crippen molar-refractivity contribution >= 4 is 44.0 Å². The number of Topliss-reactive ketones (excluding diaryl/α,β-unsaturated/α-hetero) is 1. The number of nitrogens with zero attached hydrogens (tertiary/aromatic N) is 2. The number of ketones is 1. The van der Waals surface area contributed by atoms with Gasteiger partial charge in [0.2, 0.25) is 0 Å². The molecule has 0 unspecified atom stereocenters. The molecule has 0 fully saturated rings. The van der Waals surface area contributed by atoms with Crippen LogP contribution in [0.2, 0.25) is 0 Å². The Labute approximate surface area is 123 Å². The number of aromatic nitrogens is 2. The fraction of sp³-hybridized carbons (Fsp3) is 0.143. The highest BCUT2D eigenvalue weighted by atomic mass is 79.9. The lowest BCUT2D eigenvalue weighted by atomic mass is 10.1. The number of carbonyl (C=O) groups is 1. The van der Waals surface area contributed by atoms with E-state index < -0.39 is 0 Å². The number of aryl methyl sites for hydroxylation is 1. The zero-order valence-corrected chi connectivity index (χ0v) is 12.7. The van der Waals surface area contributed by atoms with Crippen molar-refractivity contribution in [1.29, 1.82) is 0 Å². The molecule has 2 heterocycles.